The maximum Gasteiger partial charge on any atom is 0.0897 e. The van der Waals surface area contributed by atoms with Crippen molar-refractivity contribution in [3.8, 4) is 0 Å². The second-order valence-electron chi connectivity index (χ2n) is 4.12. The normalized spacial score (nSPS) is 10.7. The molecule has 0 aliphatic carbocycles. The number of hydrogen-bond acceptors (Lipinski definition) is 3. The second-order valence-corrected chi connectivity index (χ2v) is 5.44. The minimum Gasteiger partial charge on any atom is -0.308 e. The van der Waals surface area contributed by atoms with Crippen molar-refractivity contribution in [2.45, 2.75) is 33.4 Å². The van der Waals surface area contributed by atoms with Crippen LogP contribution < -0.4 is 5.32 Å². The number of hydrogen-bond donors (Lipinski definition) is 1. The van der Waals surface area contributed by atoms with Gasteiger partial charge in [0.25, 0.3) is 0 Å². The molecule has 0 atom stereocenters. The summed E-state index contributed by atoms with van der Waals surface area (Å²) >= 11 is 1.76. The number of benzene rings is 1. The lowest BCUT2D eigenvalue weighted by molar-refractivity contribution is 0.700. The highest BCUT2D eigenvalue weighted by Crippen LogP contribution is 2.11. The Labute approximate surface area is 107 Å². The smallest absolute Gasteiger partial charge is 0.0897 e. The third-order valence-electron chi connectivity index (χ3n) is 2.73. The molecule has 0 saturated heterocycles. The van der Waals surface area contributed by atoms with Gasteiger partial charge in [-0.1, -0.05) is 31.2 Å². The van der Waals surface area contributed by atoms with Crippen molar-refractivity contribution >= 4 is 11.3 Å². The standard InChI is InChI=1S/C14H18N2S/c1-3-12-4-6-13(7-5-12)8-15-9-14-10-16-11(2)17-14/h4-7,10,15H,3,8-9H2,1-2H3. The lowest BCUT2D eigenvalue weighted by Crippen LogP contribution is -2.11. The summed E-state index contributed by atoms with van der Waals surface area (Å²) in [5, 5.41) is 4.57. The van der Waals surface area contributed by atoms with Crippen LogP contribution in [0.4, 0.5) is 0 Å². The van der Waals surface area contributed by atoms with Gasteiger partial charge in [0, 0.05) is 24.2 Å². The average Bonchev–Trinajstić information content (AvgIpc) is 2.76. The molecule has 2 nitrogen and oxygen atoms in total. The van der Waals surface area contributed by atoms with Gasteiger partial charge in [0.05, 0.1) is 5.01 Å². The van der Waals surface area contributed by atoms with Crippen molar-refractivity contribution in [1.29, 1.82) is 0 Å². The Kier molecular flexibility index (Phi) is 4.29. The molecule has 1 N–H and O–H groups in total. The van der Waals surface area contributed by atoms with Gasteiger partial charge in [-0.2, -0.15) is 0 Å². The zero-order chi connectivity index (χ0) is 12.1. The predicted octanol–water partition coefficient (Wildman–Crippen LogP) is 3.30. The topological polar surface area (TPSA) is 24.9 Å². The molecule has 0 fully saturated rings. The largest absolute Gasteiger partial charge is 0.308 e. The van der Waals surface area contributed by atoms with Gasteiger partial charge in [0.15, 0.2) is 0 Å². The monoisotopic (exact) mass is 246 g/mol. The van der Waals surface area contributed by atoms with Crippen molar-refractivity contribution in [2.24, 2.45) is 0 Å². The van der Waals surface area contributed by atoms with Gasteiger partial charge in [0.1, 0.15) is 0 Å². The molecular formula is C14H18N2S. The van der Waals surface area contributed by atoms with Crippen molar-refractivity contribution in [3.05, 3.63) is 51.5 Å². The van der Waals surface area contributed by atoms with Crippen LogP contribution in [0.5, 0.6) is 0 Å². The first-order valence-electron chi connectivity index (χ1n) is 5.97. The van der Waals surface area contributed by atoms with E-state index in [1.54, 1.807) is 11.3 Å². The van der Waals surface area contributed by atoms with Crippen LogP contribution in [0, 0.1) is 6.92 Å². The molecule has 0 unspecified atom stereocenters. The van der Waals surface area contributed by atoms with Gasteiger partial charge in [0.2, 0.25) is 0 Å². The fourth-order valence-corrected chi connectivity index (χ4v) is 2.47. The predicted molar refractivity (Wildman–Crippen MR) is 73.2 cm³/mol. The van der Waals surface area contributed by atoms with Crippen LogP contribution in [-0.4, -0.2) is 4.98 Å². The summed E-state index contributed by atoms with van der Waals surface area (Å²) in [5.74, 6) is 0. The van der Waals surface area contributed by atoms with E-state index in [1.165, 1.54) is 16.0 Å². The first-order valence-corrected chi connectivity index (χ1v) is 6.79. The Morgan fingerprint density at radius 2 is 1.82 bits per heavy atom. The summed E-state index contributed by atoms with van der Waals surface area (Å²) in [7, 11) is 0. The molecule has 0 bridgehead atoms. The van der Waals surface area contributed by atoms with Gasteiger partial charge >= 0.3 is 0 Å². The van der Waals surface area contributed by atoms with Gasteiger partial charge in [-0.15, -0.1) is 11.3 Å². The highest BCUT2D eigenvalue weighted by molar-refractivity contribution is 7.11. The maximum atomic E-state index is 4.24. The molecule has 3 heteroatoms. The van der Waals surface area contributed by atoms with Crippen molar-refractivity contribution in [1.82, 2.24) is 10.3 Å². The summed E-state index contributed by atoms with van der Waals surface area (Å²) in [6, 6.07) is 8.80. The Balaban J connectivity index is 1.81. The number of thiazole rings is 1. The van der Waals surface area contributed by atoms with Gasteiger partial charge < -0.3 is 5.32 Å². The molecule has 17 heavy (non-hydrogen) atoms. The van der Waals surface area contributed by atoms with Crippen LogP contribution in [-0.2, 0) is 19.5 Å². The molecule has 1 aromatic carbocycles. The molecule has 1 heterocycles. The minimum atomic E-state index is 0.904. The molecule has 0 spiro atoms. The zero-order valence-electron chi connectivity index (χ0n) is 10.4. The third kappa shape index (κ3) is 3.65. The van der Waals surface area contributed by atoms with Gasteiger partial charge in [-0.25, -0.2) is 4.98 Å². The van der Waals surface area contributed by atoms with E-state index in [0.717, 1.165) is 24.5 Å². The van der Waals surface area contributed by atoms with Crippen molar-refractivity contribution in [3.63, 3.8) is 0 Å². The molecule has 0 aliphatic rings. The first-order chi connectivity index (χ1) is 8.28. The number of aromatic nitrogens is 1. The first kappa shape index (κ1) is 12.3. The molecular weight excluding hydrogens is 228 g/mol. The second kappa shape index (κ2) is 5.94. The van der Waals surface area contributed by atoms with E-state index in [-0.39, 0.29) is 0 Å². The number of aryl methyl sites for hydroxylation is 2. The molecule has 2 aromatic rings. The van der Waals surface area contributed by atoms with E-state index in [4.69, 9.17) is 0 Å². The van der Waals surface area contributed by atoms with Crippen LogP contribution in [0.15, 0.2) is 30.5 Å². The zero-order valence-corrected chi connectivity index (χ0v) is 11.2. The Hall–Kier alpha value is -1.19. The Bertz CT molecular complexity index is 459. The van der Waals surface area contributed by atoms with Crippen LogP contribution in [0.1, 0.15) is 27.9 Å². The fraction of sp³-hybridized carbons (Fsp3) is 0.357. The quantitative estimate of drug-likeness (QED) is 0.875. The fourth-order valence-electron chi connectivity index (χ4n) is 1.71. The Morgan fingerprint density at radius 3 is 2.41 bits per heavy atom. The molecule has 2 rings (SSSR count). The highest BCUT2D eigenvalue weighted by Gasteiger charge is 1.98. The average molecular weight is 246 g/mol. The summed E-state index contributed by atoms with van der Waals surface area (Å²) in [5.41, 5.74) is 2.73. The third-order valence-corrected chi connectivity index (χ3v) is 3.64. The van der Waals surface area contributed by atoms with Crippen LogP contribution in [0.25, 0.3) is 0 Å². The lowest BCUT2D eigenvalue weighted by Gasteiger charge is -2.04. The summed E-state index contributed by atoms with van der Waals surface area (Å²) in [4.78, 5) is 5.54. The Morgan fingerprint density at radius 1 is 1.12 bits per heavy atom. The van der Waals surface area contributed by atoms with Crippen molar-refractivity contribution < 1.29 is 0 Å². The van der Waals surface area contributed by atoms with Crippen LogP contribution >= 0.6 is 11.3 Å². The van der Waals surface area contributed by atoms with E-state index in [0.29, 0.717) is 0 Å². The number of nitrogens with zero attached hydrogens (tertiary/aromatic N) is 1. The number of nitrogens with one attached hydrogen (secondary N) is 1. The van der Waals surface area contributed by atoms with Crippen LogP contribution in [0.3, 0.4) is 0 Å². The van der Waals surface area contributed by atoms with E-state index in [2.05, 4.69) is 41.5 Å². The molecule has 0 aliphatic heterocycles. The van der Waals surface area contributed by atoms with E-state index in [1.807, 2.05) is 13.1 Å². The van der Waals surface area contributed by atoms with Crippen molar-refractivity contribution in [2.75, 3.05) is 0 Å². The summed E-state index contributed by atoms with van der Waals surface area (Å²) in [6.45, 7) is 6.04. The van der Waals surface area contributed by atoms with Gasteiger partial charge in [-0.05, 0) is 24.5 Å². The molecule has 90 valence electrons. The molecule has 0 radical (unpaired) electrons. The SMILES string of the molecule is CCc1ccc(CNCc2cnc(C)s2)cc1. The summed E-state index contributed by atoms with van der Waals surface area (Å²) in [6.07, 6.45) is 3.06. The number of rotatable bonds is 5. The molecule has 0 saturated carbocycles. The summed E-state index contributed by atoms with van der Waals surface area (Å²) < 4.78 is 0. The maximum absolute atomic E-state index is 4.24. The highest BCUT2D eigenvalue weighted by atomic mass is 32.1. The molecule has 1 aromatic heterocycles. The van der Waals surface area contributed by atoms with E-state index >= 15 is 0 Å². The van der Waals surface area contributed by atoms with Crippen LogP contribution in [0.2, 0.25) is 0 Å². The lowest BCUT2D eigenvalue weighted by atomic mass is 10.1. The molecule has 0 amide bonds. The van der Waals surface area contributed by atoms with E-state index < -0.39 is 0 Å². The minimum absolute atomic E-state index is 0.904. The van der Waals surface area contributed by atoms with E-state index in [9.17, 15) is 0 Å². The van der Waals surface area contributed by atoms with Gasteiger partial charge in [-0.3, -0.25) is 0 Å².